The van der Waals surface area contributed by atoms with Crippen LogP contribution >= 0.6 is 11.3 Å². The Kier molecular flexibility index (Phi) is 3.58. The van der Waals surface area contributed by atoms with Gasteiger partial charge in [0.2, 0.25) is 5.13 Å². The maximum atomic E-state index is 5.70. The second-order valence-electron chi connectivity index (χ2n) is 5.79. The van der Waals surface area contributed by atoms with Crippen LogP contribution in [0.4, 0.5) is 5.13 Å². The molecule has 130 valence electrons. The van der Waals surface area contributed by atoms with Gasteiger partial charge in [-0.25, -0.2) is 9.50 Å². The zero-order valence-corrected chi connectivity index (χ0v) is 14.7. The Bertz CT molecular complexity index is 1240. The van der Waals surface area contributed by atoms with Crippen molar-refractivity contribution in [2.45, 2.75) is 0 Å². The van der Waals surface area contributed by atoms with Gasteiger partial charge in [0.1, 0.15) is 5.01 Å². The maximum Gasteiger partial charge on any atom is 0.203 e. The van der Waals surface area contributed by atoms with Crippen LogP contribution in [0, 0.1) is 0 Å². The van der Waals surface area contributed by atoms with E-state index in [1.54, 1.807) is 35.5 Å². The normalized spacial score (nSPS) is 11.1. The van der Waals surface area contributed by atoms with E-state index in [1.807, 2.05) is 30.5 Å². The fourth-order valence-corrected chi connectivity index (χ4v) is 3.44. The molecule has 4 aromatic heterocycles. The van der Waals surface area contributed by atoms with Crippen LogP contribution in [0.5, 0.6) is 0 Å². The lowest BCUT2D eigenvalue weighted by Crippen LogP contribution is -1.93. The fraction of sp³-hybridized carbons (Fsp3) is 0. The highest BCUT2D eigenvalue weighted by Crippen LogP contribution is 2.30. The van der Waals surface area contributed by atoms with Crippen molar-refractivity contribution in [3.8, 4) is 33.0 Å². The summed E-state index contributed by atoms with van der Waals surface area (Å²) < 4.78 is 1.74. The monoisotopic (exact) mass is 372 g/mol. The van der Waals surface area contributed by atoms with Crippen molar-refractivity contribution in [2.75, 3.05) is 5.73 Å². The molecule has 1 aromatic carbocycles. The molecule has 0 aliphatic heterocycles. The van der Waals surface area contributed by atoms with Crippen molar-refractivity contribution >= 4 is 22.1 Å². The Balaban J connectivity index is 1.58. The first-order chi connectivity index (χ1) is 13.3. The van der Waals surface area contributed by atoms with Gasteiger partial charge in [0.15, 0.2) is 5.65 Å². The molecular weight excluding hydrogens is 360 g/mol. The molecule has 0 unspecified atom stereocenters. The molecule has 0 fully saturated rings. The van der Waals surface area contributed by atoms with Crippen molar-refractivity contribution in [3.05, 3.63) is 61.4 Å². The third kappa shape index (κ3) is 2.79. The molecule has 0 saturated carbocycles. The molecule has 0 aliphatic carbocycles. The lowest BCUT2D eigenvalue weighted by atomic mass is 10.1. The van der Waals surface area contributed by atoms with Crippen LogP contribution in [0.2, 0.25) is 0 Å². The van der Waals surface area contributed by atoms with E-state index in [-0.39, 0.29) is 0 Å². The van der Waals surface area contributed by atoms with E-state index in [0.717, 1.165) is 38.6 Å². The van der Waals surface area contributed by atoms with Crippen molar-refractivity contribution in [1.29, 1.82) is 0 Å². The molecule has 0 atom stereocenters. The Morgan fingerprint density at radius 1 is 0.926 bits per heavy atom. The molecule has 4 heterocycles. The van der Waals surface area contributed by atoms with E-state index in [2.05, 4.69) is 30.2 Å². The largest absolute Gasteiger partial charge is 0.374 e. The zero-order valence-electron chi connectivity index (χ0n) is 13.9. The molecule has 2 N–H and O–H groups in total. The van der Waals surface area contributed by atoms with Crippen LogP contribution in [0.25, 0.3) is 38.6 Å². The van der Waals surface area contributed by atoms with Crippen molar-refractivity contribution in [1.82, 2.24) is 34.8 Å². The Morgan fingerprint density at radius 2 is 1.85 bits per heavy atom. The van der Waals surface area contributed by atoms with E-state index >= 15 is 0 Å². The fourth-order valence-electron chi connectivity index (χ4n) is 2.83. The molecule has 0 aliphatic rings. The second-order valence-corrected chi connectivity index (χ2v) is 6.80. The number of nitrogens with two attached hydrogens (primary N) is 1. The number of fused-ring (bicyclic) bond motifs is 1. The number of rotatable bonds is 3. The minimum Gasteiger partial charge on any atom is -0.374 e. The van der Waals surface area contributed by atoms with Crippen LogP contribution in [0.3, 0.4) is 0 Å². The Labute approximate surface area is 157 Å². The van der Waals surface area contributed by atoms with Gasteiger partial charge in [0.25, 0.3) is 0 Å². The smallest absolute Gasteiger partial charge is 0.203 e. The third-order valence-corrected chi connectivity index (χ3v) is 4.88. The van der Waals surface area contributed by atoms with E-state index in [9.17, 15) is 0 Å². The number of hydrogen-bond donors (Lipinski definition) is 1. The molecule has 0 saturated heterocycles. The molecule has 9 heteroatoms. The van der Waals surface area contributed by atoms with E-state index in [0.29, 0.717) is 5.13 Å². The van der Waals surface area contributed by atoms with Gasteiger partial charge < -0.3 is 5.73 Å². The molecular formula is C18H12N8S. The van der Waals surface area contributed by atoms with Gasteiger partial charge in [-0.3, -0.25) is 9.97 Å². The summed E-state index contributed by atoms with van der Waals surface area (Å²) in [7, 11) is 0. The van der Waals surface area contributed by atoms with Gasteiger partial charge >= 0.3 is 0 Å². The van der Waals surface area contributed by atoms with Crippen LogP contribution in [-0.2, 0) is 0 Å². The lowest BCUT2D eigenvalue weighted by molar-refractivity contribution is 0.939. The number of aromatic nitrogens is 7. The van der Waals surface area contributed by atoms with Crippen molar-refractivity contribution < 1.29 is 0 Å². The number of nitrogen functional groups attached to an aromatic ring is 1. The Morgan fingerprint density at radius 3 is 2.67 bits per heavy atom. The van der Waals surface area contributed by atoms with Crippen molar-refractivity contribution in [3.63, 3.8) is 0 Å². The van der Waals surface area contributed by atoms with Gasteiger partial charge in [-0.2, -0.15) is 5.10 Å². The molecule has 0 radical (unpaired) electrons. The molecule has 5 rings (SSSR count). The summed E-state index contributed by atoms with van der Waals surface area (Å²) >= 11 is 1.36. The summed E-state index contributed by atoms with van der Waals surface area (Å²) in [5.74, 6) is 0. The number of nitrogens with zero attached hydrogens (tertiary/aromatic N) is 7. The number of benzene rings is 1. The summed E-state index contributed by atoms with van der Waals surface area (Å²) in [6.45, 7) is 0. The highest BCUT2D eigenvalue weighted by molar-refractivity contribution is 7.18. The first-order valence-electron chi connectivity index (χ1n) is 8.07. The van der Waals surface area contributed by atoms with E-state index < -0.39 is 0 Å². The third-order valence-electron chi connectivity index (χ3n) is 4.08. The SMILES string of the molecule is Nc1nnc(-c2cccc(-c3cnn4cc(-c5cnccn5)cnc34)c2)s1. The predicted octanol–water partition coefficient (Wildman–Crippen LogP) is 2.95. The van der Waals surface area contributed by atoms with E-state index in [1.165, 1.54) is 11.3 Å². The molecule has 27 heavy (non-hydrogen) atoms. The summed E-state index contributed by atoms with van der Waals surface area (Å²) in [6.07, 6.45) is 10.5. The van der Waals surface area contributed by atoms with Crippen LogP contribution in [0.15, 0.2) is 61.4 Å². The quantitative estimate of drug-likeness (QED) is 0.519. The number of hydrogen-bond acceptors (Lipinski definition) is 8. The Hall–Kier alpha value is -3.72. The lowest BCUT2D eigenvalue weighted by Gasteiger charge is -2.03. The number of anilines is 1. The summed E-state index contributed by atoms with van der Waals surface area (Å²) in [6, 6.07) is 8.01. The average molecular weight is 372 g/mol. The first kappa shape index (κ1) is 15.5. The second kappa shape index (κ2) is 6.22. The molecule has 8 nitrogen and oxygen atoms in total. The highest BCUT2D eigenvalue weighted by atomic mass is 32.1. The topological polar surface area (TPSA) is 108 Å². The zero-order chi connectivity index (χ0) is 18.2. The van der Waals surface area contributed by atoms with Crippen LogP contribution < -0.4 is 5.73 Å². The van der Waals surface area contributed by atoms with Gasteiger partial charge in [-0.1, -0.05) is 29.5 Å². The van der Waals surface area contributed by atoms with Gasteiger partial charge in [0, 0.05) is 41.5 Å². The van der Waals surface area contributed by atoms with E-state index in [4.69, 9.17) is 5.73 Å². The average Bonchev–Trinajstić information content (AvgIpc) is 3.34. The van der Waals surface area contributed by atoms with Gasteiger partial charge in [-0.15, -0.1) is 10.2 Å². The van der Waals surface area contributed by atoms with Gasteiger partial charge in [0.05, 0.1) is 18.1 Å². The van der Waals surface area contributed by atoms with Crippen molar-refractivity contribution in [2.24, 2.45) is 0 Å². The highest BCUT2D eigenvalue weighted by Gasteiger charge is 2.12. The molecule has 5 aromatic rings. The minimum absolute atomic E-state index is 0.449. The van der Waals surface area contributed by atoms with Gasteiger partial charge in [-0.05, 0) is 11.6 Å². The molecule has 0 spiro atoms. The summed E-state index contributed by atoms with van der Waals surface area (Å²) in [4.78, 5) is 13.0. The predicted molar refractivity (Wildman–Crippen MR) is 103 cm³/mol. The first-order valence-corrected chi connectivity index (χ1v) is 8.89. The van der Waals surface area contributed by atoms with Crippen LogP contribution in [0.1, 0.15) is 0 Å². The molecule has 0 amide bonds. The molecule has 0 bridgehead atoms. The summed E-state index contributed by atoms with van der Waals surface area (Å²) in [5, 5.41) is 13.7. The minimum atomic E-state index is 0.449. The summed E-state index contributed by atoms with van der Waals surface area (Å²) in [5.41, 5.74) is 10.9. The maximum absolute atomic E-state index is 5.70. The van der Waals surface area contributed by atoms with Crippen LogP contribution in [-0.4, -0.2) is 34.8 Å². The standard InChI is InChI=1S/C18H12N8S/c19-18-25-24-17(27-18)12-3-1-2-11(6-12)14-8-23-26-10-13(7-22-16(14)26)15-9-20-4-5-21-15/h1-10H,(H2,19,25).